The van der Waals surface area contributed by atoms with Gasteiger partial charge in [-0.15, -0.1) is 20.4 Å². The molecule has 9 nitrogen and oxygen atoms in total. The van der Waals surface area contributed by atoms with Crippen molar-refractivity contribution in [3.8, 4) is 0 Å². The number of carbonyl (C=O) groups excluding carboxylic acids is 2. The number of nitrogens with two attached hydrogens (primary N) is 1. The fraction of sp³-hybridized carbons (Fsp3) is 0.600. The van der Waals surface area contributed by atoms with E-state index in [1.807, 2.05) is 0 Å². The lowest BCUT2D eigenvalue weighted by atomic mass is 10.2. The number of aryl methyl sites for hydroxylation is 2. The van der Waals surface area contributed by atoms with Crippen molar-refractivity contribution in [2.75, 3.05) is 29.1 Å². The number of halogens is 3. The highest BCUT2D eigenvalue weighted by molar-refractivity contribution is 7.99. The average molecular weight is 482 g/mol. The molecule has 1 saturated heterocycles. The van der Waals surface area contributed by atoms with Gasteiger partial charge in [-0.25, -0.2) is 0 Å². The molecule has 164 valence electrons. The van der Waals surface area contributed by atoms with E-state index < -0.39 is 24.0 Å². The number of aromatic nitrogens is 4. The Morgan fingerprint density at radius 3 is 2.43 bits per heavy atom. The number of alkyl halides is 3. The van der Waals surface area contributed by atoms with Crippen LogP contribution in [0.15, 0.2) is 0 Å². The van der Waals surface area contributed by atoms with Crippen LogP contribution in [-0.4, -0.2) is 67.4 Å². The summed E-state index contributed by atoms with van der Waals surface area (Å²) in [5.41, 5.74) is 5.53. The maximum absolute atomic E-state index is 12.7. The summed E-state index contributed by atoms with van der Waals surface area (Å²) < 4.78 is 38.0. The van der Waals surface area contributed by atoms with E-state index in [9.17, 15) is 22.8 Å². The van der Waals surface area contributed by atoms with Crippen LogP contribution in [0, 0.1) is 0 Å². The Bertz CT molecular complexity index is 889. The van der Waals surface area contributed by atoms with E-state index in [2.05, 4.69) is 25.7 Å². The zero-order valence-electron chi connectivity index (χ0n) is 15.5. The van der Waals surface area contributed by atoms with Crippen LogP contribution < -0.4 is 11.1 Å². The molecule has 0 aromatic carbocycles. The number of carbonyl (C=O) groups is 2. The molecule has 0 spiro atoms. The summed E-state index contributed by atoms with van der Waals surface area (Å²) in [6.07, 6.45) is -3.08. The van der Waals surface area contributed by atoms with Crippen LogP contribution in [-0.2, 0) is 22.4 Å². The summed E-state index contributed by atoms with van der Waals surface area (Å²) in [5.74, 6) is -1.04. The van der Waals surface area contributed by atoms with Crippen LogP contribution in [0.1, 0.15) is 22.9 Å². The summed E-state index contributed by atoms with van der Waals surface area (Å²) >= 11 is 4.22. The lowest BCUT2D eigenvalue weighted by Crippen LogP contribution is -2.48. The van der Waals surface area contributed by atoms with Gasteiger partial charge < -0.3 is 10.6 Å². The number of thioether (sulfide) groups is 1. The van der Waals surface area contributed by atoms with E-state index in [1.165, 1.54) is 11.3 Å². The van der Waals surface area contributed by atoms with Crippen molar-refractivity contribution in [1.29, 1.82) is 0 Å². The van der Waals surface area contributed by atoms with Crippen LogP contribution in [0.25, 0.3) is 0 Å². The molecule has 2 aromatic heterocycles. The lowest BCUT2D eigenvalue weighted by Gasteiger charge is -2.24. The molecule has 0 saturated carbocycles. The highest BCUT2D eigenvalue weighted by atomic mass is 32.2. The van der Waals surface area contributed by atoms with Crippen LogP contribution >= 0.6 is 34.4 Å². The van der Waals surface area contributed by atoms with Gasteiger partial charge in [-0.05, 0) is 24.3 Å². The topological polar surface area (TPSA) is 127 Å². The van der Waals surface area contributed by atoms with Gasteiger partial charge in [0.2, 0.25) is 16.2 Å². The molecule has 0 bridgehead atoms. The summed E-state index contributed by atoms with van der Waals surface area (Å²) in [6, 6.07) is -1.16. The Balaban J connectivity index is 1.43. The van der Waals surface area contributed by atoms with E-state index in [0.29, 0.717) is 27.9 Å². The molecule has 1 aliphatic rings. The minimum atomic E-state index is -5.00. The number of amides is 2. The number of anilines is 2. The molecule has 3 rings (SSSR count). The van der Waals surface area contributed by atoms with Crippen molar-refractivity contribution < 1.29 is 22.8 Å². The van der Waals surface area contributed by atoms with Crippen molar-refractivity contribution in [3.05, 3.63) is 10.0 Å². The number of likely N-dealkylation sites (tertiary alicyclic amines) is 1. The molecule has 1 fully saturated rings. The summed E-state index contributed by atoms with van der Waals surface area (Å²) in [5, 5.41) is 20.3. The van der Waals surface area contributed by atoms with Crippen LogP contribution in [0.4, 0.5) is 23.4 Å². The number of nitrogens with zero attached hydrogens (tertiary/aromatic N) is 5. The van der Waals surface area contributed by atoms with E-state index in [-0.39, 0.29) is 18.1 Å². The third kappa shape index (κ3) is 6.01. The van der Waals surface area contributed by atoms with Crippen LogP contribution in [0.2, 0.25) is 0 Å². The average Bonchev–Trinajstić information content (AvgIpc) is 3.41. The fourth-order valence-electron chi connectivity index (χ4n) is 2.83. The molecule has 15 heteroatoms. The predicted molar refractivity (Wildman–Crippen MR) is 108 cm³/mol. The summed E-state index contributed by atoms with van der Waals surface area (Å²) in [7, 11) is 0. The Morgan fingerprint density at radius 2 is 1.80 bits per heavy atom. The second-order valence-electron chi connectivity index (χ2n) is 6.29. The normalized spacial score (nSPS) is 16.8. The van der Waals surface area contributed by atoms with Gasteiger partial charge in [0.05, 0.1) is 0 Å². The number of hydrogen-bond acceptors (Lipinski definition) is 10. The zero-order valence-corrected chi connectivity index (χ0v) is 18.0. The maximum atomic E-state index is 12.7. The predicted octanol–water partition coefficient (Wildman–Crippen LogP) is 1.98. The second kappa shape index (κ2) is 9.87. The molecule has 0 aliphatic carbocycles. The first-order valence-corrected chi connectivity index (χ1v) is 11.7. The second-order valence-corrected chi connectivity index (χ2v) is 9.67. The molecular formula is C15H18F3N7O2S3. The van der Waals surface area contributed by atoms with E-state index in [0.717, 1.165) is 34.3 Å². The molecule has 2 amide bonds. The molecule has 0 radical (unpaired) electrons. The van der Waals surface area contributed by atoms with Crippen LogP contribution in [0.3, 0.4) is 0 Å². The smallest absolute Gasteiger partial charge is 0.374 e. The lowest BCUT2D eigenvalue weighted by molar-refractivity contribution is -0.186. The minimum absolute atomic E-state index is 0.0985. The van der Waals surface area contributed by atoms with Gasteiger partial charge >= 0.3 is 12.1 Å². The molecule has 1 aliphatic heterocycles. The molecule has 2 aromatic rings. The first-order chi connectivity index (χ1) is 14.2. The number of rotatable bonds is 8. The van der Waals surface area contributed by atoms with Gasteiger partial charge in [0.1, 0.15) is 16.1 Å². The Kier molecular flexibility index (Phi) is 7.46. The first kappa shape index (κ1) is 22.7. The van der Waals surface area contributed by atoms with Gasteiger partial charge in [0.15, 0.2) is 0 Å². The Hall–Kier alpha value is -2.00. The molecule has 3 N–H and O–H groups in total. The van der Waals surface area contributed by atoms with E-state index >= 15 is 0 Å². The maximum Gasteiger partial charge on any atom is 0.471 e. The minimum Gasteiger partial charge on any atom is -0.374 e. The van der Waals surface area contributed by atoms with Crippen molar-refractivity contribution in [3.63, 3.8) is 0 Å². The fourth-order valence-corrected chi connectivity index (χ4v) is 5.32. The van der Waals surface area contributed by atoms with Crippen LogP contribution in [0.5, 0.6) is 0 Å². The van der Waals surface area contributed by atoms with E-state index in [4.69, 9.17) is 5.73 Å². The van der Waals surface area contributed by atoms with Crippen molar-refractivity contribution in [1.82, 2.24) is 25.3 Å². The monoisotopic (exact) mass is 481 g/mol. The quantitative estimate of drug-likeness (QED) is 0.548. The zero-order chi connectivity index (χ0) is 21.7. The van der Waals surface area contributed by atoms with Gasteiger partial charge in [-0.1, -0.05) is 22.7 Å². The summed E-state index contributed by atoms with van der Waals surface area (Å²) in [6.45, 7) is -0.0985. The molecule has 3 heterocycles. The van der Waals surface area contributed by atoms with E-state index in [1.54, 1.807) is 11.8 Å². The third-order valence-electron chi connectivity index (χ3n) is 4.16. The molecular weight excluding hydrogens is 463 g/mol. The first-order valence-electron chi connectivity index (χ1n) is 8.90. The molecule has 0 unspecified atom stereocenters. The third-order valence-corrected chi connectivity index (χ3v) is 6.86. The van der Waals surface area contributed by atoms with Gasteiger partial charge in [-0.3, -0.25) is 14.9 Å². The van der Waals surface area contributed by atoms with Crippen molar-refractivity contribution in [2.24, 2.45) is 0 Å². The highest BCUT2D eigenvalue weighted by Gasteiger charge is 2.47. The van der Waals surface area contributed by atoms with Gasteiger partial charge in [0.25, 0.3) is 0 Å². The summed E-state index contributed by atoms with van der Waals surface area (Å²) in [4.78, 5) is 24.4. The number of nitrogens with one attached hydrogen (secondary N) is 1. The van der Waals surface area contributed by atoms with Crippen molar-refractivity contribution >= 4 is 56.5 Å². The van der Waals surface area contributed by atoms with Gasteiger partial charge in [0, 0.05) is 19.4 Å². The van der Waals surface area contributed by atoms with Gasteiger partial charge in [-0.2, -0.15) is 24.9 Å². The Morgan fingerprint density at radius 1 is 1.13 bits per heavy atom. The molecule has 30 heavy (non-hydrogen) atoms. The number of nitrogen functional groups attached to an aromatic ring is 1. The van der Waals surface area contributed by atoms with Crippen molar-refractivity contribution in [2.45, 2.75) is 37.9 Å². The SMILES string of the molecule is Nc1nnc(CCSCCc2nnc(NC(=O)[C@@H]3CCCN3C(=O)C(F)(F)F)s2)s1. The standard InChI is InChI=1S/C15H18F3N7O2S3/c16-15(17,18)12(27)25-5-1-2-8(25)11(26)20-14-24-22-10(30-14)4-7-28-6-3-9-21-23-13(19)29-9/h8H,1-7H2,(H2,19,23)(H,20,24,26)/t8-/m0/s1. The molecule has 1 atom stereocenters. The largest absolute Gasteiger partial charge is 0.471 e. The Labute approximate surface area is 181 Å². The number of hydrogen-bond donors (Lipinski definition) is 2. The highest BCUT2D eigenvalue weighted by Crippen LogP contribution is 2.27.